The van der Waals surface area contributed by atoms with Gasteiger partial charge >= 0.3 is 11.9 Å². The summed E-state index contributed by atoms with van der Waals surface area (Å²) in [4.78, 5) is 45.2. The molecule has 0 aromatic carbocycles. The Bertz CT molecular complexity index is 736. The fourth-order valence-corrected chi connectivity index (χ4v) is 4.98. The molecule has 0 aromatic rings. The van der Waals surface area contributed by atoms with Gasteiger partial charge in [-0.2, -0.15) is 0 Å². The normalized spacial score (nSPS) is 12.6. The number of carboxylic acids is 1. The Hall–Kier alpha value is 4.05. The number of halogens is 5. The van der Waals surface area contributed by atoms with Crippen LogP contribution >= 0.6 is 113 Å². The number of ether oxygens (including phenoxy) is 2. The molecule has 2 atom stereocenters. The number of carbonyl (C=O) groups is 4. The van der Waals surface area contributed by atoms with Crippen LogP contribution in [0.25, 0.3) is 0 Å². The van der Waals surface area contributed by atoms with E-state index < -0.39 is 5.97 Å². The fraction of sp³-hybridized carbons (Fsp3) is 0.833. The van der Waals surface area contributed by atoms with Crippen molar-refractivity contribution < 1.29 is 52.3 Å². The molecule has 2 unspecified atom stereocenters. The fourth-order valence-electron chi connectivity index (χ4n) is 2.48. The van der Waals surface area contributed by atoms with E-state index in [4.69, 9.17) is 5.11 Å². The molecule has 2 aliphatic rings. The Morgan fingerprint density at radius 3 is 0.959 bits per heavy atom. The van der Waals surface area contributed by atoms with Gasteiger partial charge < -0.3 is 37.2 Å². The van der Waals surface area contributed by atoms with E-state index in [-0.39, 0.29) is 60.3 Å². The van der Waals surface area contributed by atoms with Gasteiger partial charge in [0.1, 0.15) is 6.54 Å². The molecule has 0 aliphatic heterocycles. The second kappa shape index (κ2) is 73.2. The van der Waals surface area contributed by atoms with Crippen molar-refractivity contribution in [3.8, 4) is 0 Å². The first-order chi connectivity index (χ1) is 22.7. The summed E-state index contributed by atoms with van der Waals surface area (Å²) >= 11 is 20.1. The topological polar surface area (TPSA) is 107 Å². The van der Waals surface area contributed by atoms with Crippen LogP contribution in [-0.2, 0) is 106 Å². The van der Waals surface area contributed by atoms with Crippen molar-refractivity contribution in [3.63, 3.8) is 0 Å². The van der Waals surface area contributed by atoms with Gasteiger partial charge in [0.15, 0.2) is 10.2 Å². The first-order valence-electron chi connectivity index (χ1n) is 15.0. The van der Waals surface area contributed by atoms with E-state index in [1.165, 1.54) is 109 Å². The summed E-state index contributed by atoms with van der Waals surface area (Å²) in [5.74, 6) is -1.09. The van der Waals surface area contributed by atoms with E-state index in [1.54, 1.807) is 20.8 Å². The molecule has 2 aliphatic carbocycles. The standard InChI is InChI=1S/2C6H12.C4H8O2.C3H6O3.2C3H6OS3.C2H6.CHI3.CH3I.CH2I.V/c2*1-2-4-6-5-3-1;1-3-4(5)6-2;1-6-2-3(4)5;2*1-3(4)7(2)6-5;1-2;2-1(3)4;2*1-2;/h2*1-6H2;3H2,1-2H3;2H2,1H3,(H,4,5);2*1-2H3;1-2H3;1H;1H3;1H2;/q;;;;;;;;;-1;. The third-order valence-corrected chi connectivity index (χ3v) is 13.1. The number of rotatable bonds is 3. The molecule has 7 nitrogen and oxygen atoms in total. The number of carboxylic acid groups (broad SMARTS) is 1. The average Bonchev–Trinajstić information content (AvgIpc) is 3.12. The number of methoxy groups -OCH3 is 2. The maximum atomic E-state index is 10.3. The van der Waals surface area contributed by atoms with Crippen molar-refractivity contribution in [2.75, 3.05) is 38.3 Å². The third kappa shape index (κ3) is 106. The van der Waals surface area contributed by atoms with E-state index in [0.29, 0.717) is 6.42 Å². The van der Waals surface area contributed by atoms with Gasteiger partial charge in [-0.15, -0.1) is 0 Å². The SMILES string of the molecule is C1CCCCC1.C1CCCCC1.CC.CC(=O)S(C)=S=S.CC(=O)S(C)=S=S.CCC(=O)OC.CI.COCC(=O)O.IC(I)I.[CH2-]I.[V]. The number of hydrogen-bond acceptors (Lipinski definition) is 8. The third-order valence-electron chi connectivity index (χ3n) is 4.80. The Morgan fingerprint density at radius 1 is 0.735 bits per heavy atom. The van der Waals surface area contributed by atoms with Crippen molar-refractivity contribution in [1.82, 2.24) is 0 Å². The van der Waals surface area contributed by atoms with Crippen molar-refractivity contribution in [2.45, 2.75) is 118 Å². The number of alkyl halides is 4. The molecule has 1 radical (unpaired) electrons. The van der Waals surface area contributed by atoms with E-state index in [0.717, 1.165) is -0.0619 Å². The summed E-state index contributed by atoms with van der Waals surface area (Å²) in [7, 11) is 4.64. The average molecular weight is 1410 g/mol. The van der Waals surface area contributed by atoms with E-state index in [1.807, 2.05) is 53.9 Å². The van der Waals surface area contributed by atoms with Crippen molar-refractivity contribution in [1.29, 1.82) is 0 Å². The zero-order valence-corrected chi connectivity index (χ0v) is 48.0. The van der Waals surface area contributed by atoms with Gasteiger partial charge in [-0.1, -0.05) is 207 Å². The second-order valence-corrected chi connectivity index (χ2v) is 28.7. The molecule has 0 heterocycles. The summed E-state index contributed by atoms with van der Waals surface area (Å²) in [6, 6.07) is 0. The van der Waals surface area contributed by atoms with Gasteiger partial charge in [-0.05, 0) is 57.6 Å². The van der Waals surface area contributed by atoms with E-state index in [2.05, 4.69) is 127 Å². The molecule has 0 amide bonds. The molecule has 301 valence electrons. The minimum absolute atomic E-state index is 0. The maximum absolute atomic E-state index is 10.3. The Labute approximate surface area is 401 Å². The first kappa shape index (κ1) is 74.1. The van der Waals surface area contributed by atoms with Gasteiger partial charge in [0, 0.05) is 45.9 Å². The number of aliphatic carboxylic acids is 1. The molecule has 19 heteroatoms. The van der Waals surface area contributed by atoms with Gasteiger partial charge in [0.25, 0.3) is 0 Å². The summed E-state index contributed by atoms with van der Waals surface area (Å²) in [5, 5.41) is 8.15. The van der Waals surface area contributed by atoms with Crippen LogP contribution in [0.3, 0.4) is 0 Å². The molecule has 0 spiro atoms. The summed E-state index contributed by atoms with van der Waals surface area (Å²) in [6.07, 6.45) is 22.1. The van der Waals surface area contributed by atoms with Crippen LogP contribution in [0, 0.1) is 4.93 Å². The smallest absolute Gasteiger partial charge is 0.329 e. The predicted molar refractivity (Wildman–Crippen MR) is 271 cm³/mol. The van der Waals surface area contributed by atoms with Crippen LogP contribution in [0.4, 0.5) is 0 Å². The number of carbonyl (C=O) groups excluding carboxylic acids is 3. The van der Waals surface area contributed by atoms with E-state index >= 15 is 0 Å². The van der Waals surface area contributed by atoms with Crippen molar-refractivity contribution in [3.05, 3.63) is 4.93 Å². The van der Waals surface area contributed by atoms with Gasteiger partial charge in [-0.25, -0.2) is 4.79 Å². The van der Waals surface area contributed by atoms with Crippen LogP contribution in [0.5, 0.6) is 0 Å². The number of hydrogen-bond donors (Lipinski definition) is 1. The molecule has 0 aromatic heterocycles. The van der Waals surface area contributed by atoms with Gasteiger partial charge in [0.05, 0.1) is 7.11 Å². The summed E-state index contributed by atoms with van der Waals surface area (Å²) in [5.41, 5.74) is 0. The molecule has 2 saturated carbocycles. The molecule has 49 heavy (non-hydrogen) atoms. The molecular formula is C30H62I5O7S6V-. The Balaban J connectivity index is -0.0000000530. The minimum Gasteiger partial charge on any atom is -0.480 e. The summed E-state index contributed by atoms with van der Waals surface area (Å²) < 4.78 is 9.21. The summed E-state index contributed by atoms with van der Waals surface area (Å²) in [6.45, 7) is 8.66. The second-order valence-electron chi connectivity index (χ2n) is 8.27. The van der Waals surface area contributed by atoms with Crippen molar-refractivity contribution >= 4 is 194 Å². The first-order valence-corrected chi connectivity index (χ1v) is 30.2. The monoisotopic (exact) mass is 1410 g/mol. The molecule has 0 saturated heterocycles. The van der Waals surface area contributed by atoms with Gasteiger partial charge in [-0.3, -0.25) is 19.3 Å². The van der Waals surface area contributed by atoms with Gasteiger partial charge in [0.2, 0.25) is 0 Å². The quantitative estimate of drug-likeness (QED) is 0.128. The van der Waals surface area contributed by atoms with Crippen LogP contribution in [0.2, 0.25) is 0 Å². The van der Waals surface area contributed by atoms with Crippen LogP contribution < -0.4 is 0 Å². The minimum atomic E-state index is -0.933. The van der Waals surface area contributed by atoms with Crippen LogP contribution in [0.1, 0.15) is 118 Å². The predicted octanol–water partition coefficient (Wildman–Crippen LogP) is 11.3. The number of esters is 1. The van der Waals surface area contributed by atoms with Crippen molar-refractivity contribution in [2.24, 2.45) is 0 Å². The van der Waals surface area contributed by atoms with E-state index in [9.17, 15) is 19.2 Å². The largest absolute Gasteiger partial charge is 0.480 e. The molecule has 2 rings (SSSR count). The molecule has 2 fully saturated rings. The zero-order valence-electron chi connectivity index (χ0n) is 30.9. The molecule has 1 N–H and O–H groups in total. The van der Waals surface area contributed by atoms with Crippen LogP contribution in [0.15, 0.2) is 0 Å². The molecule has 0 bridgehead atoms. The Kier molecular flexibility index (Phi) is 111. The molecular weight excluding hydrogens is 1350 g/mol. The Morgan fingerprint density at radius 2 is 0.939 bits per heavy atom. The zero-order chi connectivity index (χ0) is 39.8. The van der Waals surface area contributed by atoms with Crippen LogP contribution in [-0.4, -0.2) is 65.5 Å². The maximum Gasteiger partial charge on any atom is 0.329 e.